The van der Waals surface area contributed by atoms with Gasteiger partial charge in [-0.2, -0.15) is 0 Å². The summed E-state index contributed by atoms with van der Waals surface area (Å²) in [5, 5.41) is 2.59. The molecule has 1 N–H and O–H groups in total. The molecular weight excluding hydrogens is 273 g/mol. The molecule has 0 bridgehead atoms. The molecule has 0 heterocycles. The largest absolute Gasteiger partial charge is 0.323 e. The highest BCUT2D eigenvalue weighted by Gasteiger charge is 2.13. The Bertz CT molecular complexity index is 381. The van der Waals surface area contributed by atoms with E-state index in [0.29, 0.717) is 4.47 Å². The summed E-state index contributed by atoms with van der Waals surface area (Å²) in [6.07, 6.45) is 1.75. The number of rotatable bonds is 4. The average Bonchev–Trinajstić information content (AvgIpc) is 2.22. The summed E-state index contributed by atoms with van der Waals surface area (Å²) in [5.41, 5.74) is 0.233. The molecule has 1 aromatic rings. The van der Waals surface area contributed by atoms with Crippen molar-refractivity contribution in [2.75, 3.05) is 5.32 Å². The van der Waals surface area contributed by atoms with E-state index in [2.05, 4.69) is 21.2 Å². The molecule has 1 atom stereocenters. The molecule has 1 rings (SSSR count). The van der Waals surface area contributed by atoms with E-state index >= 15 is 0 Å². The number of halogens is 2. The summed E-state index contributed by atoms with van der Waals surface area (Å²) in [7, 11) is 0. The van der Waals surface area contributed by atoms with Crippen LogP contribution in [0.25, 0.3) is 0 Å². The number of carbonyl (C=O) groups excluding carboxylic acids is 1. The second-order valence-corrected chi connectivity index (χ2v) is 4.72. The SMILES string of the molecule is CCCC(C)C(=O)Nc1ccc(Br)cc1F. The summed E-state index contributed by atoms with van der Waals surface area (Å²) in [5.74, 6) is -0.650. The van der Waals surface area contributed by atoms with Crippen LogP contribution >= 0.6 is 15.9 Å². The van der Waals surface area contributed by atoms with Crippen LogP contribution < -0.4 is 5.32 Å². The summed E-state index contributed by atoms with van der Waals surface area (Å²) in [6, 6.07) is 4.58. The zero-order chi connectivity index (χ0) is 12.1. The maximum Gasteiger partial charge on any atom is 0.227 e. The van der Waals surface area contributed by atoms with Crippen molar-refractivity contribution in [3.05, 3.63) is 28.5 Å². The van der Waals surface area contributed by atoms with Gasteiger partial charge in [-0.25, -0.2) is 4.39 Å². The Morgan fingerprint density at radius 2 is 2.25 bits per heavy atom. The standard InChI is InChI=1S/C12H15BrFNO/c1-3-4-8(2)12(16)15-11-6-5-9(13)7-10(11)14/h5-8H,3-4H2,1-2H3,(H,15,16). The van der Waals surface area contributed by atoms with Gasteiger partial charge >= 0.3 is 0 Å². The van der Waals surface area contributed by atoms with Gasteiger partial charge in [-0.3, -0.25) is 4.79 Å². The Balaban J connectivity index is 2.69. The Labute approximate surface area is 103 Å². The number of hydrogen-bond donors (Lipinski definition) is 1. The number of carbonyl (C=O) groups is 1. The fraction of sp³-hybridized carbons (Fsp3) is 0.417. The summed E-state index contributed by atoms with van der Waals surface area (Å²) in [4.78, 5) is 11.7. The molecule has 16 heavy (non-hydrogen) atoms. The van der Waals surface area contributed by atoms with Crippen LogP contribution in [0.1, 0.15) is 26.7 Å². The molecule has 0 aliphatic carbocycles. The third-order valence-corrected chi connectivity index (χ3v) is 2.85. The highest BCUT2D eigenvalue weighted by Crippen LogP contribution is 2.20. The number of amides is 1. The first-order valence-electron chi connectivity index (χ1n) is 5.30. The molecule has 1 aromatic carbocycles. The molecule has 4 heteroatoms. The van der Waals surface area contributed by atoms with Crippen LogP contribution in [-0.2, 0) is 4.79 Å². The molecule has 2 nitrogen and oxygen atoms in total. The van der Waals surface area contributed by atoms with Gasteiger partial charge < -0.3 is 5.32 Å². The van der Waals surface area contributed by atoms with Crippen molar-refractivity contribution in [1.82, 2.24) is 0 Å². The van der Waals surface area contributed by atoms with Crippen molar-refractivity contribution < 1.29 is 9.18 Å². The van der Waals surface area contributed by atoms with Crippen LogP contribution in [-0.4, -0.2) is 5.91 Å². The van der Waals surface area contributed by atoms with E-state index in [1.165, 1.54) is 6.07 Å². The normalized spacial score (nSPS) is 12.2. The van der Waals surface area contributed by atoms with Crippen molar-refractivity contribution in [2.45, 2.75) is 26.7 Å². The lowest BCUT2D eigenvalue weighted by Crippen LogP contribution is -2.20. The maximum absolute atomic E-state index is 13.4. The third-order valence-electron chi connectivity index (χ3n) is 2.36. The van der Waals surface area contributed by atoms with Gasteiger partial charge in [-0.1, -0.05) is 36.2 Å². The molecule has 0 radical (unpaired) electrons. The molecule has 0 aliphatic rings. The molecule has 0 saturated heterocycles. The molecule has 0 spiro atoms. The Morgan fingerprint density at radius 3 is 2.81 bits per heavy atom. The van der Waals surface area contributed by atoms with Crippen LogP contribution in [0, 0.1) is 11.7 Å². The molecule has 0 saturated carbocycles. The van der Waals surface area contributed by atoms with Crippen LogP contribution in [0.3, 0.4) is 0 Å². The zero-order valence-electron chi connectivity index (χ0n) is 9.39. The van der Waals surface area contributed by atoms with E-state index < -0.39 is 5.82 Å². The van der Waals surface area contributed by atoms with Gasteiger partial charge in [0.15, 0.2) is 0 Å². The summed E-state index contributed by atoms with van der Waals surface area (Å²) in [6.45, 7) is 3.86. The van der Waals surface area contributed by atoms with Gasteiger partial charge in [0.2, 0.25) is 5.91 Å². The van der Waals surface area contributed by atoms with Crippen molar-refractivity contribution >= 4 is 27.5 Å². The minimum atomic E-state index is -0.425. The van der Waals surface area contributed by atoms with Gasteiger partial charge in [-0.15, -0.1) is 0 Å². The highest BCUT2D eigenvalue weighted by atomic mass is 79.9. The highest BCUT2D eigenvalue weighted by molar-refractivity contribution is 9.10. The van der Waals surface area contributed by atoms with Crippen LogP contribution in [0.4, 0.5) is 10.1 Å². The lowest BCUT2D eigenvalue weighted by Gasteiger charge is -2.11. The lowest BCUT2D eigenvalue weighted by atomic mass is 10.1. The molecule has 0 aromatic heterocycles. The fourth-order valence-corrected chi connectivity index (χ4v) is 1.74. The van der Waals surface area contributed by atoms with Crippen LogP contribution in [0.2, 0.25) is 0 Å². The van der Waals surface area contributed by atoms with Gasteiger partial charge in [0.25, 0.3) is 0 Å². The number of anilines is 1. The number of nitrogens with one attached hydrogen (secondary N) is 1. The summed E-state index contributed by atoms with van der Waals surface area (Å²) >= 11 is 3.16. The number of benzene rings is 1. The second-order valence-electron chi connectivity index (χ2n) is 3.80. The maximum atomic E-state index is 13.4. The number of hydrogen-bond acceptors (Lipinski definition) is 1. The quantitative estimate of drug-likeness (QED) is 0.892. The van der Waals surface area contributed by atoms with Crippen molar-refractivity contribution in [3.63, 3.8) is 0 Å². The molecular formula is C12H15BrFNO. The molecule has 0 aliphatic heterocycles. The van der Waals surface area contributed by atoms with Crippen LogP contribution in [0.15, 0.2) is 22.7 Å². The predicted molar refractivity (Wildman–Crippen MR) is 66.8 cm³/mol. The second kappa shape index (κ2) is 5.99. The summed E-state index contributed by atoms with van der Waals surface area (Å²) < 4.78 is 14.1. The van der Waals surface area contributed by atoms with Crippen LogP contribution in [0.5, 0.6) is 0 Å². The molecule has 1 unspecified atom stereocenters. The van der Waals surface area contributed by atoms with Gasteiger partial charge in [-0.05, 0) is 24.6 Å². The first-order valence-corrected chi connectivity index (χ1v) is 6.09. The topological polar surface area (TPSA) is 29.1 Å². The smallest absolute Gasteiger partial charge is 0.227 e. The molecule has 1 amide bonds. The Hall–Kier alpha value is -0.900. The van der Waals surface area contributed by atoms with E-state index in [-0.39, 0.29) is 17.5 Å². The fourth-order valence-electron chi connectivity index (χ4n) is 1.41. The first-order chi connectivity index (χ1) is 7.54. The lowest BCUT2D eigenvalue weighted by molar-refractivity contribution is -0.119. The van der Waals surface area contributed by atoms with E-state index in [1.54, 1.807) is 12.1 Å². The third kappa shape index (κ3) is 3.59. The molecule has 0 fully saturated rings. The first kappa shape index (κ1) is 13.2. The Morgan fingerprint density at radius 1 is 1.56 bits per heavy atom. The van der Waals surface area contributed by atoms with E-state index in [1.807, 2.05) is 13.8 Å². The van der Waals surface area contributed by atoms with Gasteiger partial charge in [0.1, 0.15) is 5.82 Å². The van der Waals surface area contributed by atoms with E-state index in [0.717, 1.165) is 12.8 Å². The predicted octanol–water partition coefficient (Wildman–Crippen LogP) is 3.96. The van der Waals surface area contributed by atoms with Gasteiger partial charge in [0, 0.05) is 10.4 Å². The zero-order valence-corrected chi connectivity index (χ0v) is 11.0. The average molecular weight is 288 g/mol. The monoisotopic (exact) mass is 287 g/mol. The Kier molecular flexibility index (Phi) is 4.93. The minimum absolute atomic E-state index is 0.0898. The van der Waals surface area contributed by atoms with Crippen molar-refractivity contribution in [2.24, 2.45) is 5.92 Å². The van der Waals surface area contributed by atoms with Gasteiger partial charge in [0.05, 0.1) is 5.69 Å². The molecule has 88 valence electrons. The minimum Gasteiger partial charge on any atom is -0.323 e. The van der Waals surface area contributed by atoms with E-state index in [9.17, 15) is 9.18 Å². The van der Waals surface area contributed by atoms with E-state index in [4.69, 9.17) is 0 Å². The van der Waals surface area contributed by atoms with Crippen molar-refractivity contribution in [1.29, 1.82) is 0 Å². The van der Waals surface area contributed by atoms with Crippen molar-refractivity contribution in [3.8, 4) is 0 Å².